The summed E-state index contributed by atoms with van der Waals surface area (Å²) in [6.07, 6.45) is 68.0. The van der Waals surface area contributed by atoms with E-state index in [1.54, 1.807) is 0 Å². The molecular weight excluding hydrogens is 817 g/mol. The molecule has 0 aromatic heterocycles. The standard InChI is InChI=1S/C60H106O6/c1-4-7-10-13-16-18-20-22-24-26-28-29-30-31-32-34-35-37-39-41-44-47-50-53-59(62)65-56-57(55-64-58(61)52-49-46-43-15-12-9-6-3)66-60(63)54-51-48-45-42-40-38-36-33-27-25-23-21-19-17-14-11-8-5-2/h7,10,16,18,22,24,28-29,31-32,57H,4-6,8-9,11-15,17,19-21,23,25-27,30,33-56H2,1-3H3/b10-7-,18-16-,24-22-,29-28-,32-31-. The fourth-order valence-electron chi connectivity index (χ4n) is 8.06. The zero-order valence-electron chi connectivity index (χ0n) is 43.7. The minimum Gasteiger partial charge on any atom is -0.462 e. The van der Waals surface area contributed by atoms with Crippen molar-refractivity contribution in [3.63, 3.8) is 0 Å². The summed E-state index contributed by atoms with van der Waals surface area (Å²) in [6.45, 7) is 6.50. The van der Waals surface area contributed by atoms with Crippen LogP contribution in [0.1, 0.15) is 284 Å². The summed E-state index contributed by atoms with van der Waals surface area (Å²) in [4.78, 5) is 37.9. The lowest BCUT2D eigenvalue weighted by Gasteiger charge is -2.18. The third-order valence-corrected chi connectivity index (χ3v) is 12.3. The van der Waals surface area contributed by atoms with Gasteiger partial charge in [0.1, 0.15) is 13.2 Å². The second-order valence-electron chi connectivity index (χ2n) is 18.8. The highest BCUT2D eigenvalue weighted by atomic mass is 16.6. The Bertz CT molecular complexity index is 1200. The summed E-state index contributed by atoms with van der Waals surface area (Å²) in [5.41, 5.74) is 0. The molecule has 0 heterocycles. The Kier molecular flexibility index (Phi) is 52.3. The second kappa shape index (κ2) is 54.7. The molecule has 0 aliphatic heterocycles. The Morgan fingerprint density at radius 2 is 0.591 bits per heavy atom. The van der Waals surface area contributed by atoms with Crippen LogP contribution >= 0.6 is 0 Å². The molecule has 0 radical (unpaired) electrons. The zero-order valence-corrected chi connectivity index (χ0v) is 43.7. The molecule has 0 N–H and O–H groups in total. The van der Waals surface area contributed by atoms with Crippen molar-refractivity contribution in [1.29, 1.82) is 0 Å². The van der Waals surface area contributed by atoms with Crippen LogP contribution in [0.25, 0.3) is 0 Å². The molecule has 0 aliphatic carbocycles. The van der Waals surface area contributed by atoms with Crippen LogP contribution < -0.4 is 0 Å². The van der Waals surface area contributed by atoms with Gasteiger partial charge in [-0.25, -0.2) is 0 Å². The number of hydrogen-bond acceptors (Lipinski definition) is 6. The van der Waals surface area contributed by atoms with Crippen molar-refractivity contribution in [1.82, 2.24) is 0 Å². The van der Waals surface area contributed by atoms with Crippen molar-refractivity contribution in [3.8, 4) is 0 Å². The van der Waals surface area contributed by atoms with Gasteiger partial charge in [-0.2, -0.15) is 0 Å². The van der Waals surface area contributed by atoms with E-state index in [-0.39, 0.29) is 31.1 Å². The van der Waals surface area contributed by atoms with Gasteiger partial charge in [0.25, 0.3) is 0 Å². The van der Waals surface area contributed by atoms with E-state index in [4.69, 9.17) is 14.2 Å². The number of unbranched alkanes of at least 4 members (excludes halogenated alkanes) is 30. The van der Waals surface area contributed by atoms with Crippen molar-refractivity contribution in [2.24, 2.45) is 0 Å². The minimum atomic E-state index is -0.774. The predicted molar refractivity (Wildman–Crippen MR) is 284 cm³/mol. The first-order chi connectivity index (χ1) is 32.5. The van der Waals surface area contributed by atoms with E-state index in [9.17, 15) is 14.4 Å². The van der Waals surface area contributed by atoms with E-state index in [0.29, 0.717) is 19.3 Å². The van der Waals surface area contributed by atoms with E-state index >= 15 is 0 Å². The molecule has 382 valence electrons. The third-order valence-electron chi connectivity index (χ3n) is 12.3. The maximum Gasteiger partial charge on any atom is 0.306 e. The van der Waals surface area contributed by atoms with Crippen molar-refractivity contribution in [3.05, 3.63) is 60.8 Å². The second-order valence-corrected chi connectivity index (χ2v) is 18.8. The number of carbonyl (C=O) groups excluding carboxylic acids is 3. The van der Waals surface area contributed by atoms with Gasteiger partial charge in [0, 0.05) is 19.3 Å². The maximum atomic E-state index is 12.8. The molecule has 0 rings (SSSR count). The lowest BCUT2D eigenvalue weighted by atomic mass is 10.0. The molecule has 0 bridgehead atoms. The Morgan fingerprint density at radius 1 is 0.318 bits per heavy atom. The fourth-order valence-corrected chi connectivity index (χ4v) is 8.06. The van der Waals surface area contributed by atoms with E-state index in [2.05, 4.69) is 81.5 Å². The average Bonchev–Trinajstić information content (AvgIpc) is 3.31. The fraction of sp³-hybridized carbons (Fsp3) is 0.783. The van der Waals surface area contributed by atoms with Gasteiger partial charge in [0.2, 0.25) is 0 Å². The van der Waals surface area contributed by atoms with Gasteiger partial charge >= 0.3 is 17.9 Å². The minimum absolute atomic E-state index is 0.0748. The highest BCUT2D eigenvalue weighted by molar-refractivity contribution is 5.71. The first kappa shape index (κ1) is 63.1. The van der Waals surface area contributed by atoms with Crippen LogP contribution in [0.15, 0.2) is 60.8 Å². The smallest absolute Gasteiger partial charge is 0.306 e. The quantitative estimate of drug-likeness (QED) is 0.0262. The first-order valence-corrected chi connectivity index (χ1v) is 28.3. The van der Waals surface area contributed by atoms with Crippen molar-refractivity contribution < 1.29 is 28.6 Å². The topological polar surface area (TPSA) is 78.9 Å². The Hall–Kier alpha value is -2.89. The van der Waals surface area contributed by atoms with Crippen LogP contribution in [0.4, 0.5) is 0 Å². The molecule has 0 fully saturated rings. The summed E-state index contributed by atoms with van der Waals surface area (Å²) < 4.78 is 16.8. The van der Waals surface area contributed by atoms with Gasteiger partial charge < -0.3 is 14.2 Å². The van der Waals surface area contributed by atoms with Crippen LogP contribution in [-0.4, -0.2) is 37.2 Å². The van der Waals surface area contributed by atoms with Crippen molar-refractivity contribution in [2.75, 3.05) is 13.2 Å². The molecule has 0 aliphatic rings. The monoisotopic (exact) mass is 923 g/mol. The first-order valence-electron chi connectivity index (χ1n) is 28.3. The van der Waals surface area contributed by atoms with Gasteiger partial charge in [-0.3, -0.25) is 14.4 Å². The molecule has 6 nitrogen and oxygen atoms in total. The average molecular weight is 924 g/mol. The number of rotatable bonds is 51. The number of allylic oxidation sites excluding steroid dienone is 10. The summed E-state index contributed by atoms with van der Waals surface area (Å²) in [7, 11) is 0. The van der Waals surface area contributed by atoms with E-state index in [1.165, 1.54) is 148 Å². The summed E-state index contributed by atoms with van der Waals surface area (Å²) in [6, 6.07) is 0. The normalized spacial score (nSPS) is 12.5. The summed E-state index contributed by atoms with van der Waals surface area (Å²) in [5.74, 6) is -0.881. The molecule has 0 saturated heterocycles. The Labute approximate surface area is 409 Å². The Balaban J connectivity index is 4.20. The van der Waals surface area contributed by atoms with E-state index in [0.717, 1.165) is 96.3 Å². The van der Waals surface area contributed by atoms with Crippen LogP contribution in [0.5, 0.6) is 0 Å². The number of carbonyl (C=O) groups is 3. The number of esters is 3. The molecular formula is C60H106O6. The summed E-state index contributed by atoms with van der Waals surface area (Å²) in [5, 5.41) is 0. The van der Waals surface area contributed by atoms with Gasteiger partial charge in [-0.15, -0.1) is 0 Å². The molecule has 1 unspecified atom stereocenters. The lowest BCUT2D eigenvalue weighted by Crippen LogP contribution is -2.30. The van der Waals surface area contributed by atoms with E-state index in [1.807, 2.05) is 0 Å². The Morgan fingerprint density at radius 3 is 0.924 bits per heavy atom. The molecule has 1 atom stereocenters. The molecule has 6 heteroatoms. The molecule has 0 aromatic rings. The molecule has 0 aromatic carbocycles. The van der Waals surface area contributed by atoms with Crippen LogP contribution in [-0.2, 0) is 28.6 Å². The van der Waals surface area contributed by atoms with Crippen LogP contribution in [0.3, 0.4) is 0 Å². The highest BCUT2D eigenvalue weighted by Crippen LogP contribution is 2.16. The largest absolute Gasteiger partial charge is 0.462 e. The van der Waals surface area contributed by atoms with Gasteiger partial charge in [-0.1, -0.05) is 261 Å². The molecule has 0 saturated carbocycles. The van der Waals surface area contributed by atoms with Crippen molar-refractivity contribution >= 4 is 17.9 Å². The predicted octanol–water partition coefficient (Wildman–Crippen LogP) is 18.8. The van der Waals surface area contributed by atoms with E-state index < -0.39 is 6.10 Å². The highest BCUT2D eigenvalue weighted by Gasteiger charge is 2.19. The molecule has 0 amide bonds. The van der Waals surface area contributed by atoms with Crippen molar-refractivity contribution in [2.45, 2.75) is 290 Å². The van der Waals surface area contributed by atoms with Crippen LogP contribution in [0.2, 0.25) is 0 Å². The number of ether oxygens (including phenoxy) is 3. The zero-order chi connectivity index (χ0) is 47.9. The van der Waals surface area contributed by atoms with Gasteiger partial charge in [-0.05, 0) is 64.2 Å². The van der Waals surface area contributed by atoms with Gasteiger partial charge in [0.15, 0.2) is 6.10 Å². The molecule has 66 heavy (non-hydrogen) atoms. The maximum absolute atomic E-state index is 12.8. The summed E-state index contributed by atoms with van der Waals surface area (Å²) >= 11 is 0. The number of hydrogen-bond donors (Lipinski definition) is 0. The van der Waals surface area contributed by atoms with Crippen LogP contribution in [0, 0.1) is 0 Å². The lowest BCUT2D eigenvalue weighted by molar-refractivity contribution is -0.167. The van der Waals surface area contributed by atoms with Gasteiger partial charge in [0.05, 0.1) is 0 Å². The SMILES string of the molecule is CC/C=C\C/C=C\C/C=C\C/C=C\C/C=C\CCCCCCCCCC(=O)OCC(COC(=O)CCCCCCCCC)OC(=O)CCCCCCCCCCCCCCCCCCCC. The molecule has 0 spiro atoms. The third kappa shape index (κ3) is 52.1.